The van der Waals surface area contributed by atoms with Crippen LogP contribution in [-0.4, -0.2) is 25.2 Å². The maximum atomic E-state index is 11.9. The molecule has 0 fully saturated rings. The van der Waals surface area contributed by atoms with Crippen molar-refractivity contribution in [1.29, 1.82) is 0 Å². The SMILES string of the molecule is CC(C)(CS(=O)(=O)Cc1ccc(Cl)cc1)C(=O)O. The highest BCUT2D eigenvalue weighted by Gasteiger charge is 2.33. The second-order valence-electron chi connectivity index (χ2n) is 4.85. The minimum atomic E-state index is -3.47. The first-order chi connectivity index (χ1) is 8.12. The van der Waals surface area contributed by atoms with Crippen molar-refractivity contribution < 1.29 is 18.3 Å². The fourth-order valence-electron chi connectivity index (χ4n) is 1.50. The predicted molar refractivity (Wildman–Crippen MR) is 70.4 cm³/mol. The molecule has 100 valence electrons. The number of benzene rings is 1. The second kappa shape index (κ2) is 5.28. The molecule has 0 bridgehead atoms. The summed E-state index contributed by atoms with van der Waals surface area (Å²) in [5.74, 6) is -1.69. The molecule has 0 aliphatic rings. The molecule has 0 amide bonds. The zero-order chi connectivity index (χ0) is 14.0. The summed E-state index contributed by atoms with van der Waals surface area (Å²) in [5.41, 5.74) is -0.689. The molecule has 1 N–H and O–H groups in total. The van der Waals surface area contributed by atoms with Crippen LogP contribution in [0.25, 0.3) is 0 Å². The van der Waals surface area contributed by atoms with E-state index >= 15 is 0 Å². The van der Waals surface area contributed by atoms with Gasteiger partial charge in [-0.2, -0.15) is 0 Å². The van der Waals surface area contributed by atoms with E-state index in [1.807, 2.05) is 0 Å². The molecule has 0 saturated heterocycles. The van der Waals surface area contributed by atoms with Gasteiger partial charge in [0.15, 0.2) is 9.84 Å². The van der Waals surface area contributed by atoms with Gasteiger partial charge in [0, 0.05) is 5.02 Å². The van der Waals surface area contributed by atoms with Crippen LogP contribution in [-0.2, 0) is 20.4 Å². The first-order valence-corrected chi connectivity index (χ1v) is 7.51. The Bertz CT molecular complexity index is 532. The van der Waals surface area contributed by atoms with E-state index in [0.717, 1.165) is 0 Å². The topological polar surface area (TPSA) is 71.4 Å². The molecule has 0 heterocycles. The number of halogens is 1. The molecule has 0 aromatic heterocycles. The Morgan fingerprint density at radius 3 is 2.22 bits per heavy atom. The maximum Gasteiger partial charge on any atom is 0.310 e. The lowest BCUT2D eigenvalue weighted by Crippen LogP contribution is -2.32. The van der Waals surface area contributed by atoms with E-state index in [0.29, 0.717) is 10.6 Å². The number of sulfone groups is 1. The van der Waals surface area contributed by atoms with Gasteiger partial charge in [-0.05, 0) is 31.5 Å². The average Bonchev–Trinajstić information content (AvgIpc) is 2.19. The summed E-state index contributed by atoms with van der Waals surface area (Å²) in [6.45, 7) is 2.80. The minimum absolute atomic E-state index is 0.180. The van der Waals surface area contributed by atoms with Crippen LogP contribution in [0.15, 0.2) is 24.3 Å². The van der Waals surface area contributed by atoms with Crippen LogP contribution in [0.2, 0.25) is 5.02 Å². The molecule has 0 atom stereocenters. The molecule has 6 heteroatoms. The Labute approximate surface area is 112 Å². The Balaban J connectivity index is 2.83. The standard InChI is InChI=1S/C12H15ClO4S/c1-12(2,11(14)15)8-18(16,17)7-9-3-5-10(13)6-4-9/h3-6H,7-8H2,1-2H3,(H,14,15). The van der Waals surface area contributed by atoms with Crippen molar-refractivity contribution >= 4 is 27.4 Å². The quantitative estimate of drug-likeness (QED) is 0.903. The van der Waals surface area contributed by atoms with E-state index in [2.05, 4.69) is 0 Å². The lowest BCUT2D eigenvalue weighted by atomic mass is 9.97. The highest BCUT2D eigenvalue weighted by atomic mass is 35.5. The molecule has 0 radical (unpaired) electrons. The summed E-state index contributed by atoms with van der Waals surface area (Å²) < 4.78 is 23.8. The number of carboxylic acids is 1. The van der Waals surface area contributed by atoms with Gasteiger partial charge in [-0.3, -0.25) is 4.79 Å². The van der Waals surface area contributed by atoms with Crippen LogP contribution in [0.1, 0.15) is 19.4 Å². The monoisotopic (exact) mass is 290 g/mol. The number of rotatable bonds is 5. The van der Waals surface area contributed by atoms with Crippen LogP contribution >= 0.6 is 11.6 Å². The van der Waals surface area contributed by atoms with Gasteiger partial charge < -0.3 is 5.11 Å². The third kappa shape index (κ3) is 4.31. The summed E-state index contributed by atoms with van der Waals surface area (Å²) in [6, 6.07) is 6.45. The molecule has 0 aliphatic heterocycles. The van der Waals surface area contributed by atoms with Gasteiger partial charge in [-0.15, -0.1) is 0 Å². The summed E-state index contributed by atoms with van der Waals surface area (Å²) in [4.78, 5) is 10.9. The van der Waals surface area contributed by atoms with E-state index in [1.165, 1.54) is 13.8 Å². The maximum absolute atomic E-state index is 11.9. The smallest absolute Gasteiger partial charge is 0.310 e. The number of carboxylic acid groups (broad SMARTS) is 1. The molecule has 1 aromatic rings. The Morgan fingerprint density at radius 2 is 1.78 bits per heavy atom. The van der Waals surface area contributed by atoms with E-state index in [1.54, 1.807) is 24.3 Å². The van der Waals surface area contributed by atoms with Crippen molar-refractivity contribution in [3.05, 3.63) is 34.9 Å². The third-order valence-corrected chi connectivity index (χ3v) is 4.65. The fraction of sp³-hybridized carbons (Fsp3) is 0.417. The second-order valence-corrected chi connectivity index (χ2v) is 7.35. The number of hydrogen-bond acceptors (Lipinski definition) is 3. The largest absolute Gasteiger partial charge is 0.481 e. The lowest BCUT2D eigenvalue weighted by molar-refractivity contribution is -0.145. The van der Waals surface area contributed by atoms with E-state index in [-0.39, 0.29) is 5.75 Å². The first-order valence-electron chi connectivity index (χ1n) is 5.31. The van der Waals surface area contributed by atoms with Crippen molar-refractivity contribution in [2.24, 2.45) is 5.41 Å². The highest BCUT2D eigenvalue weighted by Crippen LogP contribution is 2.21. The number of aliphatic carboxylic acids is 1. The van der Waals surface area contributed by atoms with Gasteiger partial charge >= 0.3 is 5.97 Å². The van der Waals surface area contributed by atoms with Gasteiger partial charge in [0.25, 0.3) is 0 Å². The van der Waals surface area contributed by atoms with Crippen LogP contribution < -0.4 is 0 Å². The summed E-state index contributed by atoms with van der Waals surface area (Å²) >= 11 is 5.70. The van der Waals surface area contributed by atoms with E-state index < -0.39 is 27.0 Å². The fourth-order valence-corrected chi connectivity index (χ4v) is 3.65. The highest BCUT2D eigenvalue weighted by molar-refractivity contribution is 7.90. The average molecular weight is 291 g/mol. The molecule has 0 spiro atoms. The van der Waals surface area contributed by atoms with Gasteiger partial charge in [0.1, 0.15) is 0 Å². The number of carbonyl (C=O) groups is 1. The predicted octanol–water partition coefficient (Wildman–Crippen LogP) is 2.37. The minimum Gasteiger partial charge on any atom is -0.481 e. The van der Waals surface area contributed by atoms with Crippen molar-refractivity contribution in [3.8, 4) is 0 Å². The lowest BCUT2D eigenvalue weighted by Gasteiger charge is -2.18. The third-order valence-electron chi connectivity index (χ3n) is 2.46. The molecule has 18 heavy (non-hydrogen) atoms. The van der Waals surface area contributed by atoms with E-state index in [9.17, 15) is 13.2 Å². The first kappa shape index (κ1) is 15.0. The van der Waals surface area contributed by atoms with E-state index in [4.69, 9.17) is 16.7 Å². The van der Waals surface area contributed by atoms with Gasteiger partial charge in [0.2, 0.25) is 0 Å². The Morgan fingerprint density at radius 1 is 1.28 bits per heavy atom. The molecule has 0 saturated carbocycles. The molecule has 1 rings (SSSR count). The number of hydrogen-bond donors (Lipinski definition) is 1. The Hall–Kier alpha value is -1.07. The Kier molecular flexibility index (Phi) is 4.40. The van der Waals surface area contributed by atoms with Crippen LogP contribution in [0.4, 0.5) is 0 Å². The van der Waals surface area contributed by atoms with Crippen molar-refractivity contribution in [1.82, 2.24) is 0 Å². The summed E-state index contributed by atoms with van der Waals surface area (Å²) in [5, 5.41) is 9.45. The van der Waals surface area contributed by atoms with Crippen molar-refractivity contribution in [2.45, 2.75) is 19.6 Å². The normalized spacial score (nSPS) is 12.4. The molecular formula is C12H15ClO4S. The van der Waals surface area contributed by atoms with Gasteiger partial charge in [-0.25, -0.2) is 8.42 Å². The van der Waals surface area contributed by atoms with Crippen molar-refractivity contribution in [3.63, 3.8) is 0 Å². The van der Waals surface area contributed by atoms with Crippen LogP contribution in [0, 0.1) is 5.41 Å². The molecular weight excluding hydrogens is 276 g/mol. The van der Waals surface area contributed by atoms with Gasteiger partial charge in [-0.1, -0.05) is 23.7 Å². The zero-order valence-electron chi connectivity index (χ0n) is 10.2. The van der Waals surface area contributed by atoms with Crippen LogP contribution in [0.3, 0.4) is 0 Å². The van der Waals surface area contributed by atoms with Gasteiger partial charge in [0.05, 0.1) is 16.9 Å². The summed E-state index contributed by atoms with van der Waals surface area (Å²) in [7, 11) is -3.47. The molecule has 4 nitrogen and oxygen atoms in total. The van der Waals surface area contributed by atoms with Crippen LogP contribution in [0.5, 0.6) is 0 Å². The molecule has 1 aromatic carbocycles. The molecule has 0 aliphatic carbocycles. The zero-order valence-corrected chi connectivity index (χ0v) is 11.8. The molecule has 0 unspecified atom stereocenters. The van der Waals surface area contributed by atoms with Crippen molar-refractivity contribution in [2.75, 3.05) is 5.75 Å². The summed E-state index contributed by atoms with van der Waals surface area (Å²) in [6.07, 6.45) is 0.